The van der Waals surface area contributed by atoms with Gasteiger partial charge in [0.1, 0.15) is 0 Å². The highest BCUT2D eigenvalue weighted by Gasteiger charge is 2.46. The summed E-state index contributed by atoms with van der Waals surface area (Å²) in [5.41, 5.74) is 6.64. The smallest absolute Gasteiger partial charge is 0.235 e. The second-order valence-electron chi connectivity index (χ2n) is 5.47. The van der Waals surface area contributed by atoms with E-state index in [1.54, 1.807) is 12.1 Å². The summed E-state index contributed by atoms with van der Waals surface area (Å²) < 4.78 is 0. The Labute approximate surface area is 107 Å². The molecule has 0 bridgehead atoms. The van der Waals surface area contributed by atoms with Crippen LogP contribution in [0.5, 0.6) is 0 Å². The van der Waals surface area contributed by atoms with Crippen LogP contribution in [0.25, 0.3) is 0 Å². The van der Waals surface area contributed by atoms with Crippen molar-refractivity contribution in [2.24, 2.45) is 5.41 Å². The fraction of sp³-hybridized carbons (Fsp3) is 0.429. The number of nitrogens with two attached hydrogens (primary N) is 1. The average Bonchev–Trinajstić information content (AvgIpc) is 2.48. The van der Waals surface area contributed by atoms with Crippen LogP contribution >= 0.6 is 0 Å². The van der Waals surface area contributed by atoms with Gasteiger partial charge in [0.25, 0.3) is 0 Å². The Morgan fingerprint density at radius 3 is 2.22 bits per heavy atom. The molecule has 18 heavy (non-hydrogen) atoms. The van der Waals surface area contributed by atoms with E-state index >= 15 is 0 Å². The first kappa shape index (κ1) is 12.6. The fourth-order valence-corrected chi connectivity index (χ4v) is 2.29. The van der Waals surface area contributed by atoms with Crippen molar-refractivity contribution in [3.05, 3.63) is 29.8 Å². The van der Waals surface area contributed by atoms with Crippen LogP contribution in [0.3, 0.4) is 0 Å². The van der Waals surface area contributed by atoms with E-state index in [0.29, 0.717) is 5.69 Å². The van der Waals surface area contributed by atoms with E-state index in [1.165, 1.54) is 4.90 Å². The Kier molecular flexibility index (Phi) is 2.89. The molecule has 0 aromatic heterocycles. The predicted molar refractivity (Wildman–Crippen MR) is 69.5 cm³/mol. The Balaban J connectivity index is 2.29. The van der Waals surface area contributed by atoms with Crippen molar-refractivity contribution in [3.8, 4) is 0 Å². The zero-order chi connectivity index (χ0) is 13.5. The second-order valence-corrected chi connectivity index (χ2v) is 5.47. The third-order valence-electron chi connectivity index (χ3n) is 3.47. The number of imide groups is 1. The second kappa shape index (κ2) is 4.12. The first-order chi connectivity index (χ1) is 8.33. The first-order valence-electron chi connectivity index (χ1n) is 6.05. The first-order valence-corrected chi connectivity index (χ1v) is 6.05. The van der Waals surface area contributed by atoms with Crippen LogP contribution in [0, 0.1) is 5.41 Å². The normalized spacial score (nSPS) is 20.3. The van der Waals surface area contributed by atoms with Crippen LogP contribution in [-0.4, -0.2) is 16.7 Å². The number of hydrogen-bond donors (Lipinski definition) is 1. The molecule has 2 N–H and O–H groups in total. The summed E-state index contributed by atoms with van der Waals surface area (Å²) in [5, 5.41) is 0. The number of likely N-dealkylation sites (tertiary alicyclic amines) is 1. The number of carbonyl (C=O) groups is 2. The molecular formula is C14H18N2O2. The monoisotopic (exact) mass is 246 g/mol. The number of benzene rings is 1. The molecule has 1 aliphatic heterocycles. The molecule has 0 aliphatic carbocycles. The maximum absolute atomic E-state index is 12.2. The van der Waals surface area contributed by atoms with Crippen molar-refractivity contribution in [2.45, 2.75) is 33.2 Å². The summed E-state index contributed by atoms with van der Waals surface area (Å²) in [6.07, 6.45) is 0.283. The quantitative estimate of drug-likeness (QED) is 0.642. The molecule has 1 unspecified atom stereocenters. The third kappa shape index (κ3) is 1.98. The van der Waals surface area contributed by atoms with Crippen molar-refractivity contribution in [2.75, 3.05) is 5.73 Å². The number of nitrogen functional groups attached to an aromatic ring is 1. The molecule has 4 heteroatoms. The number of nitrogens with zero attached hydrogens (tertiary/aromatic N) is 1. The molecule has 1 atom stereocenters. The van der Waals surface area contributed by atoms with Gasteiger partial charge in [-0.05, 0) is 24.6 Å². The van der Waals surface area contributed by atoms with Crippen LogP contribution in [0.2, 0.25) is 0 Å². The lowest BCUT2D eigenvalue weighted by Crippen LogP contribution is -2.35. The zero-order valence-corrected chi connectivity index (χ0v) is 10.9. The lowest BCUT2D eigenvalue weighted by Gasteiger charge is -2.25. The largest absolute Gasteiger partial charge is 0.399 e. The van der Waals surface area contributed by atoms with Gasteiger partial charge < -0.3 is 5.73 Å². The maximum Gasteiger partial charge on any atom is 0.235 e. The minimum atomic E-state index is -0.584. The topological polar surface area (TPSA) is 63.4 Å². The minimum Gasteiger partial charge on any atom is -0.399 e. The van der Waals surface area contributed by atoms with Crippen molar-refractivity contribution < 1.29 is 9.59 Å². The molecule has 96 valence electrons. The van der Waals surface area contributed by atoms with E-state index in [4.69, 9.17) is 5.73 Å². The Hall–Kier alpha value is -1.84. The van der Waals surface area contributed by atoms with Gasteiger partial charge in [0.15, 0.2) is 0 Å². The fourth-order valence-electron chi connectivity index (χ4n) is 2.29. The van der Waals surface area contributed by atoms with Gasteiger partial charge in [0.2, 0.25) is 11.8 Å². The summed E-state index contributed by atoms with van der Waals surface area (Å²) in [6.45, 7) is 5.48. The van der Waals surface area contributed by atoms with E-state index in [2.05, 4.69) is 0 Å². The Bertz CT molecular complexity index is 491. The number of anilines is 1. The highest BCUT2D eigenvalue weighted by molar-refractivity contribution is 6.05. The average molecular weight is 246 g/mol. The summed E-state index contributed by atoms with van der Waals surface area (Å²) in [4.78, 5) is 25.5. The van der Waals surface area contributed by atoms with E-state index in [9.17, 15) is 9.59 Å². The predicted octanol–water partition coefficient (Wildman–Crippen LogP) is 2.11. The lowest BCUT2D eigenvalue weighted by atomic mass is 9.92. The molecule has 0 radical (unpaired) electrons. The molecule has 1 saturated heterocycles. The van der Waals surface area contributed by atoms with Crippen molar-refractivity contribution in [1.82, 2.24) is 4.90 Å². The van der Waals surface area contributed by atoms with Crippen LogP contribution in [-0.2, 0) is 9.59 Å². The van der Waals surface area contributed by atoms with Crippen molar-refractivity contribution in [1.29, 1.82) is 0 Å². The molecule has 0 spiro atoms. The SMILES string of the molecule is CC(c1ccc(N)cc1)N1C(=O)CC(C)(C)C1=O. The number of hydrogen-bond acceptors (Lipinski definition) is 3. The van der Waals surface area contributed by atoms with Crippen molar-refractivity contribution in [3.63, 3.8) is 0 Å². The molecule has 1 aromatic rings. The molecular weight excluding hydrogens is 228 g/mol. The van der Waals surface area contributed by atoms with E-state index in [0.717, 1.165) is 5.56 Å². The van der Waals surface area contributed by atoms with Gasteiger partial charge in [0.05, 0.1) is 11.5 Å². The van der Waals surface area contributed by atoms with Gasteiger partial charge in [-0.1, -0.05) is 26.0 Å². The van der Waals surface area contributed by atoms with Gasteiger partial charge in [-0.25, -0.2) is 0 Å². The van der Waals surface area contributed by atoms with Crippen LogP contribution in [0.4, 0.5) is 5.69 Å². The Morgan fingerprint density at radius 1 is 1.22 bits per heavy atom. The summed E-state index contributed by atoms with van der Waals surface area (Å²) in [7, 11) is 0. The van der Waals surface area contributed by atoms with E-state index in [1.807, 2.05) is 32.9 Å². The van der Waals surface area contributed by atoms with E-state index < -0.39 is 5.41 Å². The molecule has 1 aliphatic rings. The molecule has 0 saturated carbocycles. The van der Waals surface area contributed by atoms with E-state index in [-0.39, 0.29) is 24.3 Å². The van der Waals surface area contributed by atoms with Crippen LogP contribution in [0.15, 0.2) is 24.3 Å². The van der Waals surface area contributed by atoms with Gasteiger partial charge in [-0.3, -0.25) is 14.5 Å². The zero-order valence-electron chi connectivity index (χ0n) is 10.9. The third-order valence-corrected chi connectivity index (χ3v) is 3.47. The van der Waals surface area contributed by atoms with Crippen LogP contribution in [0.1, 0.15) is 38.8 Å². The Morgan fingerprint density at radius 2 is 1.78 bits per heavy atom. The molecule has 1 aromatic carbocycles. The minimum absolute atomic E-state index is 0.100. The summed E-state index contributed by atoms with van der Waals surface area (Å²) >= 11 is 0. The van der Waals surface area contributed by atoms with Crippen LogP contribution < -0.4 is 5.73 Å². The maximum atomic E-state index is 12.2. The number of rotatable bonds is 2. The molecule has 2 amide bonds. The summed E-state index contributed by atoms with van der Waals surface area (Å²) in [5.74, 6) is -0.203. The molecule has 4 nitrogen and oxygen atoms in total. The van der Waals surface area contributed by atoms with Crippen molar-refractivity contribution >= 4 is 17.5 Å². The molecule has 1 fully saturated rings. The summed E-state index contributed by atoms with van der Waals surface area (Å²) in [6, 6.07) is 7.02. The molecule has 1 heterocycles. The number of amides is 2. The molecule has 2 rings (SSSR count). The highest BCUT2D eigenvalue weighted by Crippen LogP contribution is 2.36. The van der Waals surface area contributed by atoms with Gasteiger partial charge >= 0.3 is 0 Å². The van der Waals surface area contributed by atoms with Gasteiger partial charge in [-0.15, -0.1) is 0 Å². The highest BCUT2D eigenvalue weighted by atomic mass is 16.2. The number of carbonyl (C=O) groups excluding carboxylic acids is 2. The van der Waals surface area contributed by atoms with Gasteiger partial charge in [0, 0.05) is 12.1 Å². The van der Waals surface area contributed by atoms with Gasteiger partial charge in [-0.2, -0.15) is 0 Å². The lowest BCUT2D eigenvalue weighted by molar-refractivity contribution is -0.143. The standard InChI is InChI=1S/C14H18N2O2/c1-9(10-4-6-11(15)7-5-10)16-12(17)8-14(2,3)13(16)18/h4-7,9H,8,15H2,1-3H3.